The van der Waals surface area contributed by atoms with Crippen LogP contribution in [-0.4, -0.2) is 34.5 Å². The van der Waals surface area contributed by atoms with Crippen molar-refractivity contribution in [3.8, 4) is 11.3 Å². The van der Waals surface area contributed by atoms with Crippen LogP contribution in [0.25, 0.3) is 11.3 Å². The van der Waals surface area contributed by atoms with Crippen LogP contribution >= 0.6 is 11.5 Å². The highest BCUT2D eigenvalue weighted by atomic mass is 32.1. The molecule has 0 saturated carbocycles. The van der Waals surface area contributed by atoms with Gasteiger partial charge in [-0.2, -0.15) is 0 Å². The number of carbonyl (C=O) groups excluding carboxylic acids is 1. The van der Waals surface area contributed by atoms with Gasteiger partial charge < -0.3 is 4.90 Å². The molecule has 0 aliphatic rings. The van der Waals surface area contributed by atoms with Gasteiger partial charge in [0, 0.05) is 30.6 Å². The van der Waals surface area contributed by atoms with E-state index in [0.29, 0.717) is 5.56 Å². The van der Waals surface area contributed by atoms with Crippen LogP contribution in [0, 0.1) is 0 Å². The number of nitrogens with zero attached hydrogens (tertiary/aromatic N) is 3. The van der Waals surface area contributed by atoms with Gasteiger partial charge in [0.1, 0.15) is 5.69 Å². The maximum Gasteiger partial charge on any atom is 0.253 e. The van der Waals surface area contributed by atoms with Crippen molar-refractivity contribution in [1.29, 1.82) is 0 Å². The molecule has 1 aromatic heterocycles. The normalized spacial score (nSPS) is 10.1. The molecule has 0 spiro atoms. The molecule has 2 rings (SSSR count). The summed E-state index contributed by atoms with van der Waals surface area (Å²) in [6.45, 7) is 0. The van der Waals surface area contributed by atoms with Gasteiger partial charge in [0.05, 0.1) is 0 Å². The molecule has 0 bridgehead atoms. The van der Waals surface area contributed by atoms with E-state index < -0.39 is 0 Å². The Morgan fingerprint density at radius 2 is 1.94 bits per heavy atom. The quantitative estimate of drug-likeness (QED) is 0.796. The van der Waals surface area contributed by atoms with Gasteiger partial charge in [0.2, 0.25) is 0 Å². The third-order valence-corrected chi connectivity index (χ3v) is 2.70. The minimum Gasteiger partial charge on any atom is -0.345 e. The lowest BCUT2D eigenvalue weighted by Gasteiger charge is -2.09. The van der Waals surface area contributed by atoms with Gasteiger partial charge in [-0.1, -0.05) is 16.6 Å². The summed E-state index contributed by atoms with van der Waals surface area (Å²) in [7, 11) is 3.47. The van der Waals surface area contributed by atoms with E-state index in [1.54, 1.807) is 31.1 Å². The minimum atomic E-state index is 0.00273. The molecule has 82 valence electrons. The van der Waals surface area contributed by atoms with Crippen LogP contribution in [0.2, 0.25) is 0 Å². The van der Waals surface area contributed by atoms with Gasteiger partial charge >= 0.3 is 0 Å². The zero-order chi connectivity index (χ0) is 11.5. The van der Waals surface area contributed by atoms with Crippen molar-refractivity contribution in [1.82, 2.24) is 14.5 Å². The third-order valence-electron chi connectivity index (χ3n) is 2.19. The van der Waals surface area contributed by atoms with E-state index in [9.17, 15) is 4.79 Å². The number of hydrogen-bond acceptors (Lipinski definition) is 4. The molecule has 16 heavy (non-hydrogen) atoms. The Morgan fingerprint density at radius 3 is 2.44 bits per heavy atom. The maximum absolute atomic E-state index is 11.6. The fourth-order valence-electron chi connectivity index (χ4n) is 1.33. The van der Waals surface area contributed by atoms with Crippen LogP contribution in [0.3, 0.4) is 0 Å². The summed E-state index contributed by atoms with van der Waals surface area (Å²) in [5.74, 6) is 0.00273. The molecular formula is C11H11N3OS. The summed E-state index contributed by atoms with van der Waals surface area (Å²) in [6.07, 6.45) is 0. The first-order valence-electron chi connectivity index (χ1n) is 4.77. The summed E-state index contributed by atoms with van der Waals surface area (Å²) in [5.41, 5.74) is 2.50. The number of hydrogen-bond donors (Lipinski definition) is 0. The second-order valence-corrected chi connectivity index (χ2v) is 4.18. The van der Waals surface area contributed by atoms with Crippen molar-refractivity contribution >= 4 is 17.4 Å². The summed E-state index contributed by atoms with van der Waals surface area (Å²) >= 11 is 1.31. The van der Waals surface area contributed by atoms with E-state index >= 15 is 0 Å². The van der Waals surface area contributed by atoms with Crippen LogP contribution in [-0.2, 0) is 0 Å². The molecule has 0 radical (unpaired) electrons. The monoisotopic (exact) mass is 233 g/mol. The van der Waals surface area contributed by atoms with Crippen molar-refractivity contribution in [2.75, 3.05) is 14.1 Å². The lowest BCUT2D eigenvalue weighted by Crippen LogP contribution is -2.21. The summed E-state index contributed by atoms with van der Waals surface area (Å²) in [4.78, 5) is 13.2. The lowest BCUT2D eigenvalue weighted by atomic mass is 10.1. The Kier molecular flexibility index (Phi) is 2.96. The number of carbonyl (C=O) groups is 1. The lowest BCUT2D eigenvalue weighted by molar-refractivity contribution is 0.0827. The molecule has 1 amide bonds. The van der Waals surface area contributed by atoms with Crippen molar-refractivity contribution < 1.29 is 4.79 Å². The molecule has 0 aliphatic carbocycles. The largest absolute Gasteiger partial charge is 0.345 e. The SMILES string of the molecule is CN(C)C(=O)c1ccc(-c2csnn2)cc1. The predicted octanol–water partition coefficient (Wildman–Crippen LogP) is 1.91. The van der Waals surface area contributed by atoms with Crippen LogP contribution < -0.4 is 0 Å². The Labute approximate surface area is 97.7 Å². The van der Waals surface area contributed by atoms with Gasteiger partial charge in [-0.05, 0) is 23.7 Å². The van der Waals surface area contributed by atoms with Crippen LogP contribution in [0.4, 0.5) is 0 Å². The highest BCUT2D eigenvalue weighted by Gasteiger charge is 2.08. The second-order valence-electron chi connectivity index (χ2n) is 3.57. The molecular weight excluding hydrogens is 222 g/mol. The smallest absolute Gasteiger partial charge is 0.253 e. The molecule has 5 heteroatoms. The van der Waals surface area contributed by atoms with Gasteiger partial charge in [-0.15, -0.1) is 5.10 Å². The first kappa shape index (κ1) is 10.8. The number of aromatic nitrogens is 2. The molecule has 0 N–H and O–H groups in total. The molecule has 1 heterocycles. The summed E-state index contributed by atoms with van der Waals surface area (Å²) in [6, 6.07) is 7.37. The Morgan fingerprint density at radius 1 is 1.25 bits per heavy atom. The van der Waals surface area contributed by atoms with Crippen LogP contribution in [0.15, 0.2) is 29.6 Å². The average Bonchev–Trinajstić information content (AvgIpc) is 2.81. The van der Waals surface area contributed by atoms with Gasteiger partial charge in [0.15, 0.2) is 0 Å². The van der Waals surface area contributed by atoms with Crippen LogP contribution in [0.5, 0.6) is 0 Å². The van der Waals surface area contributed by atoms with Gasteiger partial charge in [-0.3, -0.25) is 4.79 Å². The number of rotatable bonds is 2. The van der Waals surface area contributed by atoms with Crippen molar-refractivity contribution in [3.05, 3.63) is 35.2 Å². The summed E-state index contributed by atoms with van der Waals surface area (Å²) < 4.78 is 3.80. The number of amides is 1. The highest BCUT2D eigenvalue weighted by Crippen LogP contribution is 2.18. The topological polar surface area (TPSA) is 46.1 Å². The molecule has 0 unspecified atom stereocenters. The second kappa shape index (κ2) is 4.40. The third kappa shape index (κ3) is 2.09. The zero-order valence-corrected chi connectivity index (χ0v) is 9.86. The molecule has 2 aromatic rings. The van der Waals surface area contributed by atoms with Gasteiger partial charge in [-0.25, -0.2) is 0 Å². The Bertz CT molecular complexity index is 476. The maximum atomic E-state index is 11.6. The first-order valence-corrected chi connectivity index (χ1v) is 5.61. The number of benzene rings is 1. The average molecular weight is 233 g/mol. The standard InChI is InChI=1S/C11H11N3OS/c1-14(2)11(15)9-5-3-8(4-6-9)10-7-16-13-12-10/h3-7H,1-2H3. The minimum absolute atomic E-state index is 0.00273. The molecule has 0 saturated heterocycles. The molecule has 0 fully saturated rings. The van der Waals surface area contributed by atoms with E-state index in [4.69, 9.17) is 0 Å². The van der Waals surface area contributed by atoms with E-state index in [1.807, 2.05) is 17.5 Å². The van der Waals surface area contributed by atoms with Crippen molar-refractivity contribution in [2.24, 2.45) is 0 Å². The van der Waals surface area contributed by atoms with Crippen molar-refractivity contribution in [2.45, 2.75) is 0 Å². The molecule has 1 aromatic carbocycles. The predicted molar refractivity (Wildman–Crippen MR) is 63.4 cm³/mol. The fraction of sp³-hybridized carbons (Fsp3) is 0.182. The van der Waals surface area contributed by atoms with Gasteiger partial charge in [0.25, 0.3) is 5.91 Å². The first-order chi connectivity index (χ1) is 7.68. The summed E-state index contributed by atoms with van der Waals surface area (Å²) in [5, 5.41) is 5.85. The van der Waals surface area contributed by atoms with E-state index in [2.05, 4.69) is 9.59 Å². The van der Waals surface area contributed by atoms with E-state index in [1.165, 1.54) is 11.5 Å². The molecule has 0 aliphatic heterocycles. The van der Waals surface area contributed by atoms with E-state index in [0.717, 1.165) is 11.3 Å². The zero-order valence-electron chi connectivity index (χ0n) is 9.04. The molecule has 4 nitrogen and oxygen atoms in total. The van der Waals surface area contributed by atoms with Crippen molar-refractivity contribution in [3.63, 3.8) is 0 Å². The van der Waals surface area contributed by atoms with E-state index in [-0.39, 0.29) is 5.91 Å². The fourth-order valence-corrected chi connectivity index (χ4v) is 1.80. The molecule has 0 atom stereocenters. The Balaban J connectivity index is 2.27. The Hall–Kier alpha value is -1.75. The van der Waals surface area contributed by atoms with Crippen LogP contribution in [0.1, 0.15) is 10.4 Å². The highest BCUT2D eigenvalue weighted by molar-refractivity contribution is 7.03.